The van der Waals surface area contributed by atoms with Crippen LogP contribution in [0.4, 0.5) is 5.69 Å². The molecule has 7 heteroatoms. The third kappa shape index (κ3) is 4.87. The molecule has 118 valence electrons. The number of rotatable bonds is 5. The van der Waals surface area contributed by atoms with E-state index in [1.807, 2.05) is 6.92 Å². The molecule has 1 aromatic rings. The highest BCUT2D eigenvalue weighted by molar-refractivity contribution is 7.89. The minimum atomic E-state index is -3.32. The second-order valence-electron chi connectivity index (χ2n) is 5.13. The van der Waals surface area contributed by atoms with Crippen molar-refractivity contribution in [3.05, 3.63) is 24.3 Å². The number of hydrogen-bond acceptors (Lipinski definition) is 5. The lowest BCUT2D eigenvalue weighted by atomic mass is 10.3. The van der Waals surface area contributed by atoms with Crippen molar-refractivity contribution < 1.29 is 17.9 Å². The van der Waals surface area contributed by atoms with Gasteiger partial charge in [-0.15, -0.1) is 0 Å². The van der Waals surface area contributed by atoms with E-state index < -0.39 is 10.0 Å². The van der Waals surface area contributed by atoms with E-state index in [1.54, 1.807) is 24.3 Å². The molecule has 0 spiro atoms. The monoisotopic (exact) mass is 314 g/mol. The van der Waals surface area contributed by atoms with Gasteiger partial charge < -0.3 is 15.2 Å². The fraction of sp³-hybridized carbons (Fsp3) is 0.571. The first-order valence-electron chi connectivity index (χ1n) is 7.05. The van der Waals surface area contributed by atoms with Crippen LogP contribution < -0.4 is 10.5 Å². The zero-order valence-electron chi connectivity index (χ0n) is 12.2. The van der Waals surface area contributed by atoms with Gasteiger partial charge in [-0.1, -0.05) is 6.07 Å². The molecule has 2 N–H and O–H groups in total. The summed E-state index contributed by atoms with van der Waals surface area (Å²) in [6.45, 7) is 3.51. The van der Waals surface area contributed by atoms with Crippen LogP contribution in [-0.2, 0) is 14.8 Å². The fourth-order valence-electron chi connectivity index (χ4n) is 2.21. The minimum absolute atomic E-state index is 0.0471. The van der Waals surface area contributed by atoms with Gasteiger partial charge in [0.2, 0.25) is 10.0 Å². The first-order chi connectivity index (χ1) is 9.97. The van der Waals surface area contributed by atoms with Crippen molar-refractivity contribution in [2.75, 3.05) is 37.8 Å². The van der Waals surface area contributed by atoms with Gasteiger partial charge in [0.1, 0.15) is 12.4 Å². The maximum atomic E-state index is 12.3. The smallest absolute Gasteiger partial charge is 0.217 e. The molecule has 1 aliphatic heterocycles. The lowest BCUT2D eigenvalue weighted by Crippen LogP contribution is -2.38. The third-order valence-corrected chi connectivity index (χ3v) is 5.08. The minimum Gasteiger partial charge on any atom is -0.492 e. The van der Waals surface area contributed by atoms with Gasteiger partial charge in [-0.3, -0.25) is 0 Å². The molecule has 0 saturated carbocycles. The predicted octanol–water partition coefficient (Wildman–Crippen LogP) is 1.09. The summed E-state index contributed by atoms with van der Waals surface area (Å²) in [5.41, 5.74) is 6.24. The molecule has 0 radical (unpaired) electrons. The highest BCUT2D eigenvalue weighted by Crippen LogP contribution is 2.15. The number of ether oxygens (including phenoxy) is 2. The molecule has 2 rings (SSSR count). The van der Waals surface area contributed by atoms with Crippen LogP contribution in [0.3, 0.4) is 0 Å². The van der Waals surface area contributed by atoms with Crippen LogP contribution in [-0.4, -0.2) is 50.9 Å². The summed E-state index contributed by atoms with van der Waals surface area (Å²) in [6, 6.07) is 6.95. The van der Waals surface area contributed by atoms with E-state index in [0.29, 0.717) is 31.1 Å². The summed E-state index contributed by atoms with van der Waals surface area (Å²) in [5.74, 6) is 0.534. The quantitative estimate of drug-likeness (QED) is 0.823. The summed E-state index contributed by atoms with van der Waals surface area (Å²) in [4.78, 5) is 0. The Hall–Kier alpha value is -1.31. The number of anilines is 1. The average Bonchev–Trinajstić information content (AvgIpc) is 2.64. The number of nitrogen functional groups attached to an aromatic ring is 1. The van der Waals surface area contributed by atoms with E-state index >= 15 is 0 Å². The number of sulfonamides is 1. The Morgan fingerprint density at radius 3 is 3.05 bits per heavy atom. The van der Waals surface area contributed by atoms with Gasteiger partial charge in [0, 0.05) is 31.5 Å². The lowest BCUT2D eigenvalue weighted by Gasteiger charge is -2.21. The van der Waals surface area contributed by atoms with Crippen LogP contribution in [0.1, 0.15) is 13.3 Å². The van der Waals surface area contributed by atoms with Crippen LogP contribution in [0.5, 0.6) is 5.75 Å². The highest BCUT2D eigenvalue weighted by Gasteiger charge is 2.25. The van der Waals surface area contributed by atoms with Crippen molar-refractivity contribution in [2.45, 2.75) is 19.4 Å². The second kappa shape index (κ2) is 7.11. The van der Waals surface area contributed by atoms with Gasteiger partial charge in [0.05, 0.1) is 11.9 Å². The summed E-state index contributed by atoms with van der Waals surface area (Å²) in [5, 5.41) is 0. The van der Waals surface area contributed by atoms with Crippen LogP contribution in [0.2, 0.25) is 0 Å². The molecule has 1 saturated heterocycles. The highest BCUT2D eigenvalue weighted by atomic mass is 32.2. The van der Waals surface area contributed by atoms with Crippen LogP contribution >= 0.6 is 0 Å². The molecule has 1 atom stereocenters. The molecule has 1 unspecified atom stereocenters. The van der Waals surface area contributed by atoms with Crippen molar-refractivity contribution in [3.8, 4) is 5.75 Å². The maximum absolute atomic E-state index is 12.3. The summed E-state index contributed by atoms with van der Waals surface area (Å²) < 4.78 is 37.0. The van der Waals surface area contributed by atoms with Crippen molar-refractivity contribution in [1.82, 2.24) is 4.31 Å². The molecule has 1 aromatic carbocycles. The molecule has 6 nitrogen and oxygen atoms in total. The van der Waals surface area contributed by atoms with E-state index in [4.69, 9.17) is 15.2 Å². The van der Waals surface area contributed by atoms with Crippen molar-refractivity contribution in [2.24, 2.45) is 0 Å². The topological polar surface area (TPSA) is 81.9 Å². The first kappa shape index (κ1) is 16.1. The average molecular weight is 314 g/mol. The number of nitrogens with zero attached hydrogens (tertiary/aromatic N) is 1. The largest absolute Gasteiger partial charge is 0.492 e. The van der Waals surface area contributed by atoms with E-state index in [2.05, 4.69) is 0 Å². The van der Waals surface area contributed by atoms with Crippen LogP contribution in [0, 0.1) is 0 Å². The van der Waals surface area contributed by atoms with Crippen LogP contribution in [0.15, 0.2) is 24.3 Å². The van der Waals surface area contributed by atoms with Gasteiger partial charge in [-0.05, 0) is 25.5 Å². The summed E-state index contributed by atoms with van der Waals surface area (Å²) >= 11 is 0. The Morgan fingerprint density at radius 2 is 2.29 bits per heavy atom. The number of nitrogens with two attached hydrogens (primary N) is 1. The zero-order chi connectivity index (χ0) is 15.3. The summed E-state index contributed by atoms with van der Waals surface area (Å²) in [7, 11) is -3.32. The molecule has 1 fully saturated rings. The van der Waals surface area contributed by atoms with E-state index in [1.165, 1.54) is 4.31 Å². The molecule has 1 heterocycles. The SMILES string of the molecule is CC1CN(S(=O)(=O)CCOc2cccc(N)c2)CCCO1. The van der Waals surface area contributed by atoms with Crippen molar-refractivity contribution >= 4 is 15.7 Å². The summed E-state index contributed by atoms with van der Waals surface area (Å²) in [6.07, 6.45) is 0.650. The molecule has 0 aromatic heterocycles. The van der Waals surface area contributed by atoms with E-state index in [0.717, 1.165) is 6.42 Å². The van der Waals surface area contributed by atoms with Gasteiger partial charge in [-0.25, -0.2) is 8.42 Å². The Morgan fingerprint density at radius 1 is 1.48 bits per heavy atom. The predicted molar refractivity (Wildman–Crippen MR) is 81.7 cm³/mol. The third-order valence-electron chi connectivity index (χ3n) is 3.28. The maximum Gasteiger partial charge on any atom is 0.217 e. The molecular formula is C14H22N2O4S. The van der Waals surface area contributed by atoms with Gasteiger partial charge >= 0.3 is 0 Å². The number of hydrogen-bond donors (Lipinski definition) is 1. The van der Waals surface area contributed by atoms with Crippen LogP contribution in [0.25, 0.3) is 0 Å². The van der Waals surface area contributed by atoms with E-state index in [9.17, 15) is 8.42 Å². The molecule has 0 aliphatic carbocycles. The first-order valence-corrected chi connectivity index (χ1v) is 8.66. The number of benzene rings is 1. The lowest BCUT2D eigenvalue weighted by molar-refractivity contribution is 0.0751. The van der Waals surface area contributed by atoms with Gasteiger partial charge in [0.15, 0.2) is 0 Å². The standard InChI is InChI=1S/C14H22N2O4S/c1-12-11-16(6-3-7-19-12)21(17,18)9-8-20-14-5-2-4-13(15)10-14/h2,4-5,10,12H,3,6-9,11,15H2,1H3. The molecule has 1 aliphatic rings. The normalized spacial score (nSPS) is 20.9. The fourth-order valence-corrected chi connectivity index (χ4v) is 3.60. The molecular weight excluding hydrogens is 292 g/mol. The Kier molecular flexibility index (Phi) is 5.44. The van der Waals surface area contributed by atoms with E-state index in [-0.39, 0.29) is 18.5 Å². The van der Waals surface area contributed by atoms with Crippen molar-refractivity contribution in [1.29, 1.82) is 0 Å². The van der Waals surface area contributed by atoms with Crippen molar-refractivity contribution in [3.63, 3.8) is 0 Å². The Balaban J connectivity index is 1.88. The zero-order valence-corrected chi connectivity index (χ0v) is 13.0. The Labute approximate surface area is 125 Å². The van der Waals surface area contributed by atoms with Gasteiger partial charge in [0.25, 0.3) is 0 Å². The molecule has 0 bridgehead atoms. The molecule has 0 amide bonds. The van der Waals surface area contributed by atoms with Gasteiger partial charge in [-0.2, -0.15) is 4.31 Å². The molecule has 21 heavy (non-hydrogen) atoms. The second-order valence-corrected chi connectivity index (χ2v) is 7.22. The Bertz CT molecular complexity index is 562.